The van der Waals surface area contributed by atoms with Gasteiger partial charge in [-0.3, -0.25) is 10.1 Å². The fraction of sp³-hybridized carbons (Fsp3) is 0.450. The van der Waals surface area contributed by atoms with Gasteiger partial charge < -0.3 is 19.5 Å². The molecule has 12 heteroatoms. The first kappa shape index (κ1) is 25.3. The van der Waals surface area contributed by atoms with Crippen molar-refractivity contribution >= 4 is 34.0 Å². The maximum atomic E-state index is 13.0. The average molecular weight is 470 g/mol. The minimum absolute atomic E-state index is 0.0351. The number of nitrogens with one attached hydrogen (secondary N) is 2. The lowest BCUT2D eigenvalue weighted by molar-refractivity contribution is -0.149. The molecule has 1 aliphatic heterocycles. The van der Waals surface area contributed by atoms with Crippen LogP contribution >= 0.6 is 0 Å². The van der Waals surface area contributed by atoms with Crippen molar-refractivity contribution in [3.8, 4) is 5.75 Å². The number of amides is 3. The normalized spacial score (nSPS) is 15.7. The van der Waals surface area contributed by atoms with Gasteiger partial charge in [0.1, 0.15) is 10.6 Å². The Morgan fingerprint density at radius 3 is 2.56 bits per heavy atom. The Bertz CT molecular complexity index is 971. The first-order chi connectivity index (χ1) is 15.2. The maximum absolute atomic E-state index is 13.0. The number of carbonyl (C=O) groups is 3. The van der Waals surface area contributed by atoms with Crippen LogP contribution in [0.1, 0.15) is 19.4 Å². The molecule has 1 fully saturated rings. The predicted molar refractivity (Wildman–Crippen MR) is 114 cm³/mol. The molecule has 1 aliphatic rings. The molecule has 2 N–H and O–H groups in total. The van der Waals surface area contributed by atoms with Gasteiger partial charge in [-0.05, 0) is 37.6 Å². The number of nitrogens with zero attached hydrogens (tertiary/aromatic N) is 1. The van der Waals surface area contributed by atoms with Crippen LogP contribution in [0.4, 0.5) is 4.79 Å². The zero-order chi connectivity index (χ0) is 23.7. The molecule has 3 amide bonds. The number of urea groups is 1. The van der Waals surface area contributed by atoms with Gasteiger partial charge in [-0.25, -0.2) is 18.0 Å². The summed E-state index contributed by atoms with van der Waals surface area (Å²) in [6.07, 6.45) is 1.21. The molecule has 0 aliphatic carbocycles. The molecule has 1 aromatic carbocycles. The zero-order valence-electron chi connectivity index (χ0n) is 18.1. The van der Waals surface area contributed by atoms with Crippen LogP contribution < -0.4 is 15.4 Å². The zero-order valence-corrected chi connectivity index (χ0v) is 18.9. The second-order valence-corrected chi connectivity index (χ2v) is 8.59. The third-order valence-corrected chi connectivity index (χ3v) is 6.34. The van der Waals surface area contributed by atoms with Crippen molar-refractivity contribution in [2.24, 2.45) is 0 Å². The van der Waals surface area contributed by atoms with Crippen molar-refractivity contribution in [1.29, 1.82) is 0 Å². The van der Waals surface area contributed by atoms with Crippen LogP contribution in [0.15, 0.2) is 29.2 Å². The fourth-order valence-electron chi connectivity index (χ4n) is 2.77. The quantitative estimate of drug-likeness (QED) is 0.414. The number of benzene rings is 1. The first-order valence-corrected chi connectivity index (χ1v) is 11.4. The largest absolute Gasteiger partial charge is 0.495 e. The number of imide groups is 1. The number of sulfonamides is 1. The second-order valence-electron chi connectivity index (χ2n) is 6.69. The van der Waals surface area contributed by atoms with E-state index in [4.69, 9.17) is 14.2 Å². The highest BCUT2D eigenvalue weighted by Crippen LogP contribution is 2.28. The molecule has 1 saturated heterocycles. The highest BCUT2D eigenvalue weighted by atomic mass is 32.2. The summed E-state index contributed by atoms with van der Waals surface area (Å²) in [4.78, 5) is 35.2. The Kier molecular flexibility index (Phi) is 9.17. The lowest BCUT2D eigenvalue weighted by Gasteiger charge is -2.26. The number of ether oxygens (including phenoxy) is 3. The predicted octanol–water partition coefficient (Wildman–Crippen LogP) is 0.507. The average Bonchev–Trinajstić information content (AvgIpc) is 2.78. The highest BCUT2D eigenvalue weighted by molar-refractivity contribution is 7.89. The number of rotatable bonds is 8. The number of morpholine rings is 1. The summed E-state index contributed by atoms with van der Waals surface area (Å²) in [7, 11) is -2.46. The van der Waals surface area contributed by atoms with Crippen LogP contribution in [0.3, 0.4) is 0 Å². The molecular weight excluding hydrogens is 442 g/mol. The van der Waals surface area contributed by atoms with Crippen molar-refractivity contribution in [2.45, 2.75) is 24.8 Å². The number of carbonyl (C=O) groups excluding carboxylic acids is 3. The molecule has 0 radical (unpaired) electrons. The van der Waals surface area contributed by atoms with E-state index in [0.29, 0.717) is 25.3 Å². The molecule has 1 atom stereocenters. The van der Waals surface area contributed by atoms with Gasteiger partial charge in [0.15, 0.2) is 6.10 Å². The van der Waals surface area contributed by atoms with Crippen molar-refractivity contribution in [2.75, 3.05) is 40.0 Å². The third kappa shape index (κ3) is 6.77. The SMILES string of the molecule is CCNC(=O)NC(=O)C(C)OC(=O)/C=C/c1ccc(OC)c(S(=O)(=O)N2CCOCC2)c1. The number of esters is 1. The molecule has 0 saturated carbocycles. The van der Waals surface area contributed by atoms with Crippen LogP contribution in [-0.2, 0) is 29.1 Å². The Morgan fingerprint density at radius 2 is 1.94 bits per heavy atom. The molecule has 176 valence electrons. The van der Waals surface area contributed by atoms with Crippen molar-refractivity contribution in [3.05, 3.63) is 29.8 Å². The van der Waals surface area contributed by atoms with Gasteiger partial charge in [-0.1, -0.05) is 6.07 Å². The molecule has 0 bridgehead atoms. The molecule has 0 spiro atoms. The van der Waals surface area contributed by atoms with Crippen LogP contribution in [0.25, 0.3) is 6.08 Å². The Hall–Kier alpha value is -2.96. The topological polar surface area (TPSA) is 140 Å². The number of hydrogen-bond donors (Lipinski definition) is 2. The minimum Gasteiger partial charge on any atom is -0.495 e. The summed E-state index contributed by atoms with van der Waals surface area (Å²) in [5.74, 6) is -1.44. The Morgan fingerprint density at radius 1 is 1.25 bits per heavy atom. The van der Waals surface area contributed by atoms with Gasteiger partial charge in [-0.15, -0.1) is 0 Å². The van der Waals surface area contributed by atoms with Crippen molar-refractivity contribution in [1.82, 2.24) is 14.9 Å². The van der Waals surface area contributed by atoms with E-state index in [0.717, 1.165) is 6.08 Å². The summed E-state index contributed by atoms with van der Waals surface area (Å²) in [5.41, 5.74) is 0.411. The van der Waals surface area contributed by atoms with E-state index in [-0.39, 0.29) is 23.7 Å². The monoisotopic (exact) mass is 469 g/mol. The molecule has 0 aromatic heterocycles. The smallest absolute Gasteiger partial charge is 0.331 e. The molecule has 1 aromatic rings. The maximum Gasteiger partial charge on any atom is 0.331 e. The van der Waals surface area contributed by atoms with E-state index >= 15 is 0 Å². The van der Waals surface area contributed by atoms with Crippen molar-refractivity contribution < 1.29 is 37.0 Å². The molecule has 11 nitrogen and oxygen atoms in total. The summed E-state index contributed by atoms with van der Waals surface area (Å²) < 4.78 is 42.7. The molecule has 1 heterocycles. The van der Waals surface area contributed by atoms with Gasteiger partial charge in [0.05, 0.1) is 20.3 Å². The molecular formula is C20H27N3O8S. The lowest BCUT2D eigenvalue weighted by Crippen LogP contribution is -2.44. The van der Waals surface area contributed by atoms with Crippen LogP contribution in [0, 0.1) is 0 Å². The van der Waals surface area contributed by atoms with Gasteiger partial charge >= 0.3 is 12.0 Å². The van der Waals surface area contributed by atoms with Crippen LogP contribution in [0.2, 0.25) is 0 Å². The van der Waals surface area contributed by atoms with Gasteiger partial charge in [0.25, 0.3) is 5.91 Å². The number of hydrogen-bond acceptors (Lipinski definition) is 8. The van der Waals surface area contributed by atoms with Gasteiger partial charge in [-0.2, -0.15) is 4.31 Å². The molecule has 32 heavy (non-hydrogen) atoms. The van der Waals surface area contributed by atoms with E-state index in [1.165, 1.54) is 36.5 Å². The summed E-state index contributed by atoms with van der Waals surface area (Å²) >= 11 is 0. The fourth-order valence-corrected chi connectivity index (χ4v) is 4.37. The Labute approximate surface area is 186 Å². The van der Waals surface area contributed by atoms with Gasteiger partial charge in [0, 0.05) is 25.7 Å². The van der Waals surface area contributed by atoms with Crippen LogP contribution in [-0.4, -0.2) is 76.7 Å². The third-order valence-electron chi connectivity index (χ3n) is 4.42. The van der Waals surface area contributed by atoms with Crippen molar-refractivity contribution in [3.63, 3.8) is 0 Å². The molecule has 1 unspecified atom stereocenters. The highest BCUT2D eigenvalue weighted by Gasteiger charge is 2.29. The first-order valence-electron chi connectivity index (χ1n) is 9.92. The molecule has 2 rings (SSSR count). The van der Waals surface area contributed by atoms with E-state index in [1.54, 1.807) is 13.0 Å². The minimum atomic E-state index is -3.82. The van der Waals surface area contributed by atoms with E-state index in [2.05, 4.69) is 5.32 Å². The van der Waals surface area contributed by atoms with E-state index < -0.39 is 34.0 Å². The standard InChI is InChI=1S/C20H27N3O8S/c1-4-21-20(26)22-19(25)14(2)31-18(24)8-6-15-5-7-16(29-3)17(13-15)32(27,28)23-9-11-30-12-10-23/h5-8,13-14H,4,9-12H2,1-3H3,(H2,21,22,25,26)/b8-6+. The van der Waals surface area contributed by atoms with E-state index in [9.17, 15) is 22.8 Å². The second kappa shape index (κ2) is 11.6. The lowest BCUT2D eigenvalue weighted by atomic mass is 10.2. The number of methoxy groups -OCH3 is 1. The van der Waals surface area contributed by atoms with E-state index in [1.807, 2.05) is 5.32 Å². The van der Waals surface area contributed by atoms with Gasteiger partial charge in [0.2, 0.25) is 10.0 Å². The summed E-state index contributed by atoms with van der Waals surface area (Å²) in [6, 6.07) is 3.76. The summed E-state index contributed by atoms with van der Waals surface area (Å²) in [6.45, 7) is 4.41. The summed E-state index contributed by atoms with van der Waals surface area (Å²) in [5, 5.41) is 4.43. The van der Waals surface area contributed by atoms with Crippen LogP contribution in [0.5, 0.6) is 5.75 Å². The Balaban J connectivity index is 2.10.